The number of rotatable bonds is 3. The van der Waals surface area contributed by atoms with Crippen molar-refractivity contribution in [2.75, 3.05) is 26.7 Å². The number of aliphatic carboxylic acids is 1. The second kappa shape index (κ2) is 6.71. The molecule has 0 radical (unpaired) electrons. The van der Waals surface area contributed by atoms with Crippen LogP contribution in [0.25, 0.3) is 0 Å². The van der Waals surface area contributed by atoms with E-state index in [0.29, 0.717) is 18.5 Å². The predicted molar refractivity (Wildman–Crippen MR) is 94.3 cm³/mol. The first-order valence-corrected chi connectivity index (χ1v) is 9.79. The third kappa shape index (κ3) is 3.44. The summed E-state index contributed by atoms with van der Waals surface area (Å²) in [5.41, 5.74) is 0.471. The van der Waals surface area contributed by atoms with Crippen LogP contribution in [0.2, 0.25) is 0 Å². The number of likely N-dealkylation sites (N-methyl/N-ethyl adjacent to an activating group) is 1. The van der Waals surface area contributed by atoms with Crippen LogP contribution in [-0.4, -0.2) is 67.7 Å². The number of benzene rings is 1. The van der Waals surface area contributed by atoms with E-state index in [1.165, 1.54) is 11.0 Å². The van der Waals surface area contributed by atoms with E-state index in [-0.39, 0.29) is 35.6 Å². The molecule has 0 aromatic heterocycles. The summed E-state index contributed by atoms with van der Waals surface area (Å²) in [5, 5.41) is 9.24. The monoisotopic (exact) mass is 379 g/mol. The van der Waals surface area contributed by atoms with Gasteiger partial charge in [0.25, 0.3) is 10.0 Å². The van der Waals surface area contributed by atoms with Gasteiger partial charge in [0.15, 0.2) is 5.84 Å². The normalized spacial score (nSPS) is 23.9. The second-order valence-electron chi connectivity index (χ2n) is 6.92. The first kappa shape index (κ1) is 18.4. The Kier molecular flexibility index (Phi) is 4.74. The summed E-state index contributed by atoms with van der Waals surface area (Å²) >= 11 is 0. The summed E-state index contributed by atoms with van der Waals surface area (Å²) in [4.78, 5) is 27.1. The first-order chi connectivity index (χ1) is 12.2. The molecule has 140 valence electrons. The highest BCUT2D eigenvalue weighted by Crippen LogP contribution is 2.27. The van der Waals surface area contributed by atoms with Crippen LogP contribution in [0.1, 0.15) is 18.9 Å². The maximum Gasteiger partial charge on any atom is 0.308 e. The number of carboxylic acids is 1. The van der Waals surface area contributed by atoms with E-state index in [9.17, 15) is 23.1 Å². The average Bonchev–Trinajstić information content (AvgIpc) is 2.86. The highest BCUT2D eigenvalue weighted by molar-refractivity contribution is 7.90. The van der Waals surface area contributed by atoms with E-state index in [1.807, 2.05) is 6.92 Å². The highest BCUT2D eigenvalue weighted by atomic mass is 32.2. The lowest BCUT2D eigenvalue weighted by atomic mass is 9.90. The zero-order chi connectivity index (χ0) is 19.1. The van der Waals surface area contributed by atoms with Crippen molar-refractivity contribution in [2.45, 2.75) is 18.2 Å². The summed E-state index contributed by atoms with van der Waals surface area (Å²) < 4.78 is 28.1. The van der Waals surface area contributed by atoms with Crippen molar-refractivity contribution in [3.05, 3.63) is 29.8 Å². The Labute approximate surface area is 152 Å². The van der Waals surface area contributed by atoms with Gasteiger partial charge < -0.3 is 14.9 Å². The topological polar surface area (TPSA) is 107 Å². The van der Waals surface area contributed by atoms with Crippen LogP contribution in [0.5, 0.6) is 0 Å². The quantitative estimate of drug-likeness (QED) is 0.826. The fourth-order valence-corrected chi connectivity index (χ4v) is 4.73. The Morgan fingerprint density at radius 3 is 2.69 bits per heavy atom. The third-order valence-electron chi connectivity index (χ3n) is 4.71. The molecule has 2 atom stereocenters. The largest absolute Gasteiger partial charge is 0.481 e. The molecule has 2 heterocycles. The van der Waals surface area contributed by atoms with Crippen LogP contribution in [0.3, 0.4) is 0 Å². The number of likely N-dealkylation sites (tertiary alicyclic amines) is 1. The van der Waals surface area contributed by atoms with Crippen molar-refractivity contribution in [3.63, 3.8) is 0 Å². The maximum atomic E-state index is 12.6. The van der Waals surface area contributed by atoms with Gasteiger partial charge in [-0.1, -0.05) is 19.1 Å². The number of hydrogen-bond donors (Lipinski definition) is 1. The zero-order valence-corrected chi connectivity index (χ0v) is 15.4. The molecule has 2 unspecified atom stereocenters. The van der Waals surface area contributed by atoms with Crippen molar-refractivity contribution in [3.8, 4) is 0 Å². The Morgan fingerprint density at radius 2 is 2.00 bits per heavy atom. The number of carbonyl (C=O) groups excluding carboxylic acids is 1. The Hall–Kier alpha value is -2.42. The number of piperidine rings is 1. The van der Waals surface area contributed by atoms with E-state index in [2.05, 4.69) is 4.40 Å². The number of amides is 1. The fraction of sp³-hybridized carbons (Fsp3) is 0.471. The first-order valence-electron chi connectivity index (χ1n) is 8.35. The van der Waals surface area contributed by atoms with Gasteiger partial charge in [0.1, 0.15) is 4.90 Å². The van der Waals surface area contributed by atoms with Crippen molar-refractivity contribution in [1.29, 1.82) is 0 Å². The predicted octanol–water partition coefficient (Wildman–Crippen LogP) is 0.637. The number of carbonyl (C=O) groups is 2. The Bertz CT molecular complexity index is 880. The van der Waals surface area contributed by atoms with Crippen LogP contribution >= 0.6 is 0 Å². The number of sulfonamides is 1. The fourth-order valence-electron chi connectivity index (χ4n) is 3.48. The number of hydrogen-bond acceptors (Lipinski definition) is 5. The van der Waals surface area contributed by atoms with Gasteiger partial charge in [-0.15, -0.1) is 4.40 Å². The number of amidine groups is 1. The van der Waals surface area contributed by atoms with Gasteiger partial charge in [-0.3, -0.25) is 9.59 Å². The minimum absolute atomic E-state index is 0.0677. The molecule has 3 rings (SSSR count). The molecule has 2 aliphatic rings. The van der Waals surface area contributed by atoms with Crippen molar-refractivity contribution in [2.24, 2.45) is 16.2 Å². The molecule has 2 aliphatic heterocycles. The van der Waals surface area contributed by atoms with Crippen LogP contribution in [-0.2, 0) is 19.6 Å². The van der Waals surface area contributed by atoms with Gasteiger partial charge in [0.2, 0.25) is 5.91 Å². The van der Waals surface area contributed by atoms with E-state index >= 15 is 0 Å². The Balaban J connectivity index is 1.75. The van der Waals surface area contributed by atoms with Crippen LogP contribution in [0, 0.1) is 11.8 Å². The highest BCUT2D eigenvalue weighted by Gasteiger charge is 2.34. The van der Waals surface area contributed by atoms with Crippen LogP contribution < -0.4 is 0 Å². The standard InChI is InChI=1S/C17H21N3O5S/c1-11-7-12(17(22)23)9-20(8-11)15(21)10-19(2)16-13-5-3-4-6-14(13)26(24,25)18-16/h3-6,11-12H,7-10H2,1-2H3,(H,22,23). The number of carboxylic acid groups (broad SMARTS) is 1. The molecule has 1 amide bonds. The summed E-state index contributed by atoms with van der Waals surface area (Å²) in [7, 11) is -2.14. The molecule has 0 saturated carbocycles. The van der Waals surface area contributed by atoms with Gasteiger partial charge in [-0.2, -0.15) is 8.42 Å². The Morgan fingerprint density at radius 1 is 1.31 bits per heavy atom. The molecule has 1 N–H and O–H groups in total. The molecule has 1 aromatic rings. The lowest BCUT2D eigenvalue weighted by Gasteiger charge is -2.35. The summed E-state index contributed by atoms with van der Waals surface area (Å²) in [6.45, 7) is 2.52. The smallest absolute Gasteiger partial charge is 0.308 e. The molecular formula is C17H21N3O5S. The van der Waals surface area contributed by atoms with Gasteiger partial charge >= 0.3 is 5.97 Å². The molecular weight excluding hydrogens is 358 g/mol. The minimum Gasteiger partial charge on any atom is -0.481 e. The van der Waals surface area contributed by atoms with Gasteiger partial charge in [0.05, 0.1) is 12.5 Å². The molecule has 1 saturated heterocycles. The minimum atomic E-state index is -3.75. The van der Waals surface area contributed by atoms with E-state index in [0.717, 1.165) is 0 Å². The molecule has 9 heteroatoms. The van der Waals surface area contributed by atoms with Gasteiger partial charge in [0, 0.05) is 25.7 Å². The third-order valence-corrected chi connectivity index (χ3v) is 6.03. The molecule has 8 nitrogen and oxygen atoms in total. The van der Waals surface area contributed by atoms with E-state index in [4.69, 9.17) is 0 Å². The molecule has 0 aliphatic carbocycles. The van der Waals surface area contributed by atoms with Crippen molar-refractivity contribution >= 4 is 27.7 Å². The summed E-state index contributed by atoms with van der Waals surface area (Å²) in [6, 6.07) is 6.49. The molecule has 26 heavy (non-hydrogen) atoms. The van der Waals surface area contributed by atoms with Crippen LogP contribution in [0.4, 0.5) is 0 Å². The van der Waals surface area contributed by atoms with Crippen molar-refractivity contribution in [1.82, 2.24) is 9.80 Å². The number of nitrogens with zero attached hydrogens (tertiary/aromatic N) is 3. The number of fused-ring (bicyclic) bond motifs is 1. The second-order valence-corrected chi connectivity index (χ2v) is 8.49. The summed E-state index contributed by atoms with van der Waals surface area (Å²) in [6.07, 6.45) is 0.549. The lowest BCUT2D eigenvalue weighted by molar-refractivity contribution is -0.146. The molecule has 0 bridgehead atoms. The van der Waals surface area contributed by atoms with E-state index < -0.39 is 21.9 Å². The molecule has 0 spiro atoms. The lowest BCUT2D eigenvalue weighted by Crippen LogP contribution is -2.49. The van der Waals surface area contributed by atoms with Crippen molar-refractivity contribution < 1.29 is 23.1 Å². The average molecular weight is 379 g/mol. The summed E-state index contributed by atoms with van der Waals surface area (Å²) in [5.74, 6) is -1.38. The van der Waals surface area contributed by atoms with E-state index in [1.54, 1.807) is 30.1 Å². The van der Waals surface area contributed by atoms with Gasteiger partial charge in [-0.25, -0.2) is 0 Å². The SMILES string of the molecule is CC1CC(C(=O)O)CN(C(=O)CN(C)C2=NS(=O)(=O)c3ccccc32)C1. The zero-order valence-electron chi connectivity index (χ0n) is 14.6. The van der Waals surface area contributed by atoms with Gasteiger partial charge in [-0.05, 0) is 24.5 Å². The molecule has 1 aromatic carbocycles. The maximum absolute atomic E-state index is 12.6. The molecule has 1 fully saturated rings. The van der Waals surface area contributed by atoms with Crippen LogP contribution in [0.15, 0.2) is 33.6 Å².